The Bertz CT molecular complexity index is 655. The van der Waals surface area contributed by atoms with Crippen LogP contribution >= 0.6 is 35.6 Å². The Labute approximate surface area is 139 Å². The molecular formula is C13H17ClN2O2S3. The first-order chi connectivity index (χ1) is 9.73. The predicted molar refractivity (Wildman–Crippen MR) is 92.6 cm³/mol. The van der Waals surface area contributed by atoms with Gasteiger partial charge >= 0.3 is 0 Å². The van der Waals surface area contributed by atoms with Crippen molar-refractivity contribution in [2.45, 2.75) is 29.4 Å². The molecule has 0 bridgehead atoms. The molecule has 1 aliphatic heterocycles. The van der Waals surface area contributed by atoms with Gasteiger partial charge in [0.15, 0.2) is 0 Å². The summed E-state index contributed by atoms with van der Waals surface area (Å²) in [4.78, 5) is 0.155. The van der Waals surface area contributed by atoms with Gasteiger partial charge in [-0.15, -0.1) is 0 Å². The Kier molecular flexibility index (Phi) is 5.20. The molecule has 0 amide bonds. The molecule has 1 fully saturated rings. The zero-order chi connectivity index (χ0) is 15.7. The number of halogens is 1. The van der Waals surface area contributed by atoms with Gasteiger partial charge in [-0.2, -0.15) is 11.8 Å². The van der Waals surface area contributed by atoms with Gasteiger partial charge in [-0.05, 0) is 37.7 Å². The predicted octanol–water partition coefficient (Wildman–Crippen LogP) is 2.54. The van der Waals surface area contributed by atoms with Crippen molar-refractivity contribution in [1.82, 2.24) is 4.72 Å². The number of benzene rings is 1. The molecule has 1 aliphatic rings. The van der Waals surface area contributed by atoms with E-state index in [2.05, 4.69) is 11.6 Å². The summed E-state index contributed by atoms with van der Waals surface area (Å²) >= 11 is 12.7. The lowest BCUT2D eigenvalue weighted by Gasteiger charge is -2.23. The van der Waals surface area contributed by atoms with E-state index in [4.69, 9.17) is 29.6 Å². The standard InChI is InChI=1S/C13H17ClN2O2S3/c1-13(5-2-6-20-13)8-16-21(17,18)11-7-9(12(15)19)3-4-10(11)14/h3-4,7,16H,2,5-6,8H2,1H3,(H2,15,19). The van der Waals surface area contributed by atoms with Gasteiger partial charge in [0.1, 0.15) is 9.88 Å². The molecule has 3 N–H and O–H groups in total. The Morgan fingerprint density at radius 1 is 1.57 bits per heavy atom. The first kappa shape index (κ1) is 17.0. The Morgan fingerprint density at radius 3 is 2.86 bits per heavy atom. The fourth-order valence-electron chi connectivity index (χ4n) is 2.16. The molecule has 21 heavy (non-hydrogen) atoms. The second kappa shape index (κ2) is 6.42. The number of nitrogens with two attached hydrogens (primary N) is 1. The molecule has 1 aromatic rings. The summed E-state index contributed by atoms with van der Waals surface area (Å²) in [7, 11) is -3.68. The average Bonchev–Trinajstić information content (AvgIpc) is 2.84. The van der Waals surface area contributed by atoms with Crippen LogP contribution in [0.2, 0.25) is 5.02 Å². The van der Waals surface area contributed by atoms with E-state index in [0.717, 1.165) is 18.6 Å². The monoisotopic (exact) mass is 364 g/mol. The third kappa shape index (κ3) is 4.10. The van der Waals surface area contributed by atoms with Gasteiger partial charge in [0.05, 0.1) is 5.02 Å². The van der Waals surface area contributed by atoms with Crippen molar-refractivity contribution in [2.24, 2.45) is 5.73 Å². The van der Waals surface area contributed by atoms with Crippen LogP contribution in [0.4, 0.5) is 0 Å². The highest BCUT2D eigenvalue weighted by atomic mass is 35.5. The molecule has 2 rings (SSSR count). The van der Waals surface area contributed by atoms with Crippen LogP contribution in [0.3, 0.4) is 0 Å². The van der Waals surface area contributed by atoms with E-state index in [1.54, 1.807) is 17.8 Å². The van der Waals surface area contributed by atoms with E-state index >= 15 is 0 Å². The van der Waals surface area contributed by atoms with Gasteiger partial charge in [-0.3, -0.25) is 0 Å². The van der Waals surface area contributed by atoms with Crippen molar-refractivity contribution < 1.29 is 8.42 Å². The Morgan fingerprint density at radius 2 is 2.29 bits per heavy atom. The zero-order valence-corrected chi connectivity index (χ0v) is 14.8. The molecule has 0 aliphatic carbocycles. The molecule has 1 atom stereocenters. The van der Waals surface area contributed by atoms with Gasteiger partial charge in [-0.25, -0.2) is 13.1 Å². The van der Waals surface area contributed by atoms with Crippen molar-refractivity contribution in [3.8, 4) is 0 Å². The number of sulfonamides is 1. The van der Waals surface area contributed by atoms with E-state index in [1.165, 1.54) is 12.1 Å². The lowest BCUT2D eigenvalue weighted by Crippen LogP contribution is -2.36. The Balaban J connectivity index is 2.23. The van der Waals surface area contributed by atoms with E-state index in [1.807, 2.05) is 0 Å². The smallest absolute Gasteiger partial charge is 0.242 e. The number of rotatable bonds is 5. The molecule has 0 spiro atoms. The molecular weight excluding hydrogens is 348 g/mol. The highest BCUT2D eigenvalue weighted by Crippen LogP contribution is 2.37. The fourth-order valence-corrected chi connectivity index (χ4v) is 5.32. The Hall–Kier alpha value is -0.340. The van der Waals surface area contributed by atoms with Gasteiger partial charge in [0.25, 0.3) is 0 Å². The summed E-state index contributed by atoms with van der Waals surface area (Å²) in [6.07, 6.45) is 2.11. The minimum atomic E-state index is -3.68. The van der Waals surface area contributed by atoms with E-state index in [9.17, 15) is 8.42 Å². The van der Waals surface area contributed by atoms with Gasteiger partial charge in [0.2, 0.25) is 10.0 Å². The summed E-state index contributed by atoms with van der Waals surface area (Å²) in [5, 5.41) is 0.159. The fraction of sp³-hybridized carbons (Fsp3) is 0.462. The van der Waals surface area contributed by atoms with Crippen LogP contribution in [0.1, 0.15) is 25.3 Å². The molecule has 1 aromatic carbocycles. The summed E-state index contributed by atoms with van der Waals surface area (Å²) in [5.74, 6) is 1.07. The third-order valence-electron chi connectivity index (χ3n) is 3.44. The molecule has 1 unspecified atom stereocenters. The molecule has 1 saturated heterocycles. The van der Waals surface area contributed by atoms with Gasteiger partial charge in [0, 0.05) is 16.9 Å². The molecule has 0 radical (unpaired) electrons. The SMILES string of the molecule is CC1(CNS(=O)(=O)c2cc(C(N)=S)ccc2Cl)CCCS1. The molecule has 4 nitrogen and oxygen atoms in total. The average molecular weight is 365 g/mol. The second-order valence-electron chi connectivity index (χ2n) is 5.24. The zero-order valence-electron chi connectivity index (χ0n) is 11.6. The molecule has 116 valence electrons. The van der Waals surface area contributed by atoms with Crippen LogP contribution in [-0.4, -0.2) is 30.5 Å². The largest absolute Gasteiger partial charge is 0.389 e. The van der Waals surface area contributed by atoms with Crippen LogP contribution in [0.5, 0.6) is 0 Å². The van der Waals surface area contributed by atoms with Crippen molar-refractivity contribution in [3.05, 3.63) is 28.8 Å². The lowest BCUT2D eigenvalue weighted by molar-refractivity contribution is 0.552. The topological polar surface area (TPSA) is 72.2 Å². The number of thioether (sulfide) groups is 1. The number of thiocarbonyl (C=S) groups is 1. The van der Waals surface area contributed by atoms with Crippen LogP contribution in [0.25, 0.3) is 0 Å². The van der Waals surface area contributed by atoms with Crippen LogP contribution < -0.4 is 10.5 Å². The summed E-state index contributed by atoms with van der Waals surface area (Å²) in [5.41, 5.74) is 6.02. The van der Waals surface area contributed by atoms with Gasteiger partial charge in [-0.1, -0.05) is 29.9 Å². The third-order valence-corrected chi connectivity index (χ3v) is 7.10. The highest BCUT2D eigenvalue weighted by molar-refractivity contribution is 8.01. The maximum absolute atomic E-state index is 12.4. The summed E-state index contributed by atoms with van der Waals surface area (Å²) in [6, 6.07) is 4.52. The first-order valence-corrected chi connectivity index (χ1v) is 9.72. The quantitative estimate of drug-likeness (QED) is 0.785. The minimum absolute atomic E-state index is 0.0149. The number of hydrogen-bond acceptors (Lipinski definition) is 4. The van der Waals surface area contributed by atoms with Crippen molar-refractivity contribution >= 4 is 50.6 Å². The highest BCUT2D eigenvalue weighted by Gasteiger charge is 2.31. The molecule has 1 heterocycles. The number of hydrogen-bond donors (Lipinski definition) is 2. The van der Waals surface area contributed by atoms with Gasteiger partial charge < -0.3 is 5.73 Å². The van der Waals surface area contributed by atoms with Crippen molar-refractivity contribution in [2.75, 3.05) is 12.3 Å². The minimum Gasteiger partial charge on any atom is -0.389 e. The van der Waals surface area contributed by atoms with Crippen molar-refractivity contribution in [1.29, 1.82) is 0 Å². The maximum Gasteiger partial charge on any atom is 0.242 e. The number of nitrogens with one attached hydrogen (secondary N) is 1. The summed E-state index contributed by atoms with van der Waals surface area (Å²) in [6.45, 7) is 2.45. The molecule has 8 heteroatoms. The normalized spacial score (nSPS) is 22.4. The van der Waals surface area contributed by atoms with E-state index < -0.39 is 10.0 Å². The summed E-state index contributed by atoms with van der Waals surface area (Å²) < 4.78 is 27.5. The van der Waals surface area contributed by atoms with Crippen LogP contribution in [-0.2, 0) is 10.0 Å². The molecule has 0 aromatic heterocycles. The van der Waals surface area contributed by atoms with Crippen molar-refractivity contribution in [3.63, 3.8) is 0 Å². The maximum atomic E-state index is 12.4. The molecule has 0 saturated carbocycles. The van der Waals surface area contributed by atoms with E-state index in [0.29, 0.717) is 12.1 Å². The van der Waals surface area contributed by atoms with Crippen LogP contribution in [0.15, 0.2) is 23.1 Å². The lowest BCUT2D eigenvalue weighted by atomic mass is 10.1. The van der Waals surface area contributed by atoms with E-state index in [-0.39, 0.29) is 19.7 Å². The first-order valence-electron chi connectivity index (χ1n) is 6.46. The van der Waals surface area contributed by atoms with Crippen LogP contribution in [0, 0.1) is 0 Å². The second-order valence-corrected chi connectivity index (χ2v) is 9.50.